The van der Waals surface area contributed by atoms with Gasteiger partial charge in [0.1, 0.15) is 0 Å². The van der Waals surface area contributed by atoms with E-state index in [4.69, 9.17) is 4.74 Å². The van der Waals surface area contributed by atoms with E-state index in [2.05, 4.69) is 17.4 Å². The van der Waals surface area contributed by atoms with Gasteiger partial charge in [-0.25, -0.2) is 0 Å². The first-order chi connectivity index (χ1) is 9.24. The maximum absolute atomic E-state index is 12.5. The van der Waals surface area contributed by atoms with Crippen LogP contribution in [-0.4, -0.2) is 42.6 Å². The number of benzene rings is 1. The molecule has 2 aliphatic heterocycles. The predicted octanol–water partition coefficient (Wildman–Crippen LogP) is 0.948. The van der Waals surface area contributed by atoms with Crippen LogP contribution in [0.2, 0.25) is 0 Å². The minimum absolute atomic E-state index is 0.0831. The Morgan fingerprint density at radius 1 is 1.37 bits per heavy atom. The highest BCUT2D eigenvalue weighted by atomic mass is 16.5. The smallest absolute Gasteiger partial charge is 0.240 e. The number of hydrogen-bond acceptors (Lipinski definition) is 3. The van der Waals surface area contributed by atoms with Crippen LogP contribution in [0, 0.1) is 0 Å². The lowest BCUT2D eigenvalue weighted by Crippen LogP contribution is -2.53. The van der Waals surface area contributed by atoms with E-state index in [1.165, 1.54) is 11.1 Å². The van der Waals surface area contributed by atoms with Crippen molar-refractivity contribution in [1.29, 1.82) is 0 Å². The number of rotatable bonds is 1. The van der Waals surface area contributed by atoms with E-state index >= 15 is 0 Å². The van der Waals surface area contributed by atoms with Gasteiger partial charge in [-0.05, 0) is 24.5 Å². The molecule has 2 atom stereocenters. The summed E-state index contributed by atoms with van der Waals surface area (Å²) in [5, 5.41) is 3.36. The van der Waals surface area contributed by atoms with Crippen molar-refractivity contribution in [2.45, 2.75) is 32.0 Å². The topological polar surface area (TPSA) is 41.6 Å². The van der Waals surface area contributed by atoms with Crippen molar-refractivity contribution < 1.29 is 9.53 Å². The van der Waals surface area contributed by atoms with Crippen molar-refractivity contribution in [3.05, 3.63) is 35.4 Å². The maximum Gasteiger partial charge on any atom is 0.240 e. The molecule has 2 aliphatic rings. The van der Waals surface area contributed by atoms with Crippen molar-refractivity contribution in [1.82, 2.24) is 10.2 Å². The number of carbonyl (C=O) groups excluding carboxylic acids is 1. The van der Waals surface area contributed by atoms with Crippen LogP contribution in [0.4, 0.5) is 0 Å². The summed E-state index contributed by atoms with van der Waals surface area (Å²) in [5.74, 6) is 0.213. The number of nitrogens with one attached hydrogen (secondary N) is 1. The fourth-order valence-corrected chi connectivity index (χ4v) is 2.87. The zero-order valence-electron chi connectivity index (χ0n) is 11.3. The molecule has 0 saturated carbocycles. The van der Waals surface area contributed by atoms with Crippen LogP contribution in [0.3, 0.4) is 0 Å². The van der Waals surface area contributed by atoms with Gasteiger partial charge in [-0.2, -0.15) is 0 Å². The molecule has 2 heterocycles. The van der Waals surface area contributed by atoms with Crippen LogP contribution in [0.5, 0.6) is 0 Å². The van der Waals surface area contributed by atoms with Gasteiger partial charge >= 0.3 is 0 Å². The van der Waals surface area contributed by atoms with Gasteiger partial charge in [-0.1, -0.05) is 24.3 Å². The normalized spacial score (nSPS) is 26.9. The van der Waals surface area contributed by atoms with Crippen molar-refractivity contribution in [3.8, 4) is 0 Å². The first-order valence-electron chi connectivity index (χ1n) is 6.94. The second-order valence-corrected chi connectivity index (χ2v) is 5.37. The highest BCUT2D eigenvalue weighted by Crippen LogP contribution is 2.18. The standard InChI is InChI=1S/C15H20N2O2/c1-11-10-17(6-7-19-11)15(18)14-8-12-4-2-3-5-13(12)9-16-14/h2-5,11,14,16H,6-10H2,1H3/t11-,14+/m0/s1. The number of carbonyl (C=O) groups is 1. The van der Waals surface area contributed by atoms with E-state index in [9.17, 15) is 4.79 Å². The third kappa shape index (κ3) is 2.65. The van der Waals surface area contributed by atoms with Crippen LogP contribution < -0.4 is 5.32 Å². The maximum atomic E-state index is 12.5. The van der Waals surface area contributed by atoms with Crippen molar-refractivity contribution in [2.75, 3.05) is 19.7 Å². The lowest BCUT2D eigenvalue weighted by molar-refractivity contribution is -0.140. The molecule has 1 saturated heterocycles. The van der Waals surface area contributed by atoms with E-state index in [0.29, 0.717) is 19.7 Å². The zero-order valence-corrected chi connectivity index (χ0v) is 11.3. The Kier molecular flexibility index (Phi) is 3.53. The Morgan fingerprint density at radius 2 is 2.16 bits per heavy atom. The van der Waals surface area contributed by atoms with Gasteiger partial charge in [0.2, 0.25) is 5.91 Å². The van der Waals surface area contributed by atoms with Crippen molar-refractivity contribution >= 4 is 5.91 Å². The first-order valence-corrected chi connectivity index (χ1v) is 6.94. The first kappa shape index (κ1) is 12.6. The number of fused-ring (bicyclic) bond motifs is 1. The predicted molar refractivity (Wildman–Crippen MR) is 72.8 cm³/mol. The molecule has 0 radical (unpaired) electrons. The molecular formula is C15H20N2O2. The summed E-state index contributed by atoms with van der Waals surface area (Å²) < 4.78 is 5.49. The fourth-order valence-electron chi connectivity index (χ4n) is 2.87. The molecule has 0 aromatic heterocycles. The molecular weight excluding hydrogens is 240 g/mol. The summed E-state index contributed by atoms with van der Waals surface area (Å²) >= 11 is 0. The van der Waals surface area contributed by atoms with Crippen molar-refractivity contribution in [3.63, 3.8) is 0 Å². The largest absolute Gasteiger partial charge is 0.375 e. The highest BCUT2D eigenvalue weighted by Gasteiger charge is 2.30. The molecule has 0 unspecified atom stereocenters. The lowest BCUT2D eigenvalue weighted by Gasteiger charge is -2.35. The van der Waals surface area contributed by atoms with Crippen LogP contribution >= 0.6 is 0 Å². The van der Waals surface area contributed by atoms with E-state index in [0.717, 1.165) is 13.0 Å². The Morgan fingerprint density at radius 3 is 2.95 bits per heavy atom. The Bertz CT molecular complexity index is 475. The van der Waals surface area contributed by atoms with Gasteiger partial charge in [0.15, 0.2) is 0 Å². The Labute approximate surface area is 113 Å². The second kappa shape index (κ2) is 5.31. The minimum atomic E-state index is -0.0831. The summed E-state index contributed by atoms with van der Waals surface area (Å²) in [6, 6.07) is 8.26. The van der Waals surface area contributed by atoms with Crippen LogP contribution in [-0.2, 0) is 22.5 Å². The molecule has 1 N–H and O–H groups in total. The summed E-state index contributed by atoms with van der Waals surface area (Å²) in [4.78, 5) is 14.4. The van der Waals surface area contributed by atoms with Crippen LogP contribution in [0.25, 0.3) is 0 Å². The SMILES string of the molecule is C[C@H]1CN(C(=O)[C@H]2Cc3ccccc3CN2)CCO1. The summed E-state index contributed by atoms with van der Waals surface area (Å²) in [5.41, 5.74) is 2.60. The molecule has 1 aromatic carbocycles. The van der Waals surface area contributed by atoms with Gasteiger partial charge in [-0.15, -0.1) is 0 Å². The van der Waals surface area contributed by atoms with Gasteiger partial charge in [0.25, 0.3) is 0 Å². The molecule has 0 spiro atoms. The average molecular weight is 260 g/mol. The Balaban J connectivity index is 1.69. The van der Waals surface area contributed by atoms with Crippen LogP contribution in [0.1, 0.15) is 18.1 Å². The van der Waals surface area contributed by atoms with Crippen molar-refractivity contribution in [2.24, 2.45) is 0 Å². The van der Waals surface area contributed by atoms with Gasteiger partial charge in [0, 0.05) is 19.6 Å². The summed E-state index contributed by atoms with van der Waals surface area (Å²) in [6.07, 6.45) is 0.939. The van der Waals surface area contributed by atoms with E-state index in [1.54, 1.807) is 0 Å². The van der Waals surface area contributed by atoms with Gasteiger partial charge in [-0.3, -0.25) is 4.79 Å². The molecule has 19 heavy (non-hydrogen) atoms. The number of ether oxygens (including phenoxy) is 1. The molecule has 3 rings (SSSR count). The molecule has 0 aliphatic carbocycles. The number of hydrogen-bond donors (Lipinski definition) is 1. The molecule has 1 aromatic rings. The monoisotopic (exact) mass is 260 g/mol. The molecule has 4 heteroatoms. The quantitative estimate of drug-likeness (QED) is 0.817. The molecule has 102 valence electrons. The van der Waals surface area contributed by atoms with Gasteiger partial charge in [0.05, 0.1) is 18.8 Å². The zero-order chi connectivity index (χ0) is 13.2. The number of amides is 1. The molecule has 4 nitrogen and oxygen atoms in total. The average Bonchev–Trinajstić information content (AvgIpc) is 2.46. The molecule has 1 fully saturated rings. The van der Waals surface area contributed by atoms with Crippen LogP contribution in [0.15, 0.2) is 24.3 Å². The second-order valence-electron chi connectivity index (χ2n) is 5.37. The highest BCUT2D eigenvalue weighted by molar-refractivity contribution is 5.82. The Hall–Kier alpha value is -1.39. The third-order valence-electron chi connectivity index (χ3n) is 3.93. The van der Waals surface area contributed by atoms with E-state index in [1.807, 2.05) is 24.0 Å². The van der Waals surface area contributed by atoms with E-state index < -0.39 is 0 Å². The molecule has 0 bridgehead atoms. The minimum Gasteiger partial charge on any atom is -0.375 e. The summed E-state index contributed by atoms with van der Waals surface area (Å²) in [6.45, 7) is 4.87. The molecule has 1 amide bonds. The van der Waals surface area contributed by atoms with E-state index in [-0.39, 0.29) is 18.1 Å². The summed E-state index contributed by atoms with van der Waals surface area (Å²) in [7, 11) is 0. The fraction of sp³-hybridized carbons (Fsp3) is 0.533. The third-order valence-corrected chi connectivity index (χ3v) is 3.93. The number of nitrogens with zero attached hydrogens (tertiary/aromatic N) is 1. The number of morpholine rings is 1. The lowest BCUT2D eigenvalue weighted by atomic mass is 9.95. The van der Waals surface area contributed by atoms with Gasteiger partial charge < -0.3 is 15.0 Å².